The van der Waals surface area contributed by atoms with Gasteiger partial charge in [0.2, 0.25) is 0 Å². The van der Waals surface area contributed by atoms with Crippen molar-refractivity contribution in [3.05, 3.63) is 89.2 Å². The largest absolute Gasteiger partial charge is 0.598 e. The number of carbonyl (C=O) groups is 1. The molecule has 0 saturated carbocycles. The molecule has 0 saturated heterocycles. The third kappa shape index (κ3) is 7.42. The zero-order valence-electron chi connectivity index (χ0n) is 22.9. The van der Waals surface area contributed by atoms with Gasteiger partial charge in [0, 0.05) is 34.4 Å². The summed E-state index contributed by atoms with van der Waals surface area (Å²) in [6.07, 6.45) is 0.147. The number of furan rings is 1. The average Bonchev–Trinajstić information content (AvgIpc) is 3.33. The fraction of sp³-hybridized carbons (Fsp3) is 0.323. The lowest BCUT2D eigenvalue weighted by molar-refractivity contribution is -0.142. The molecular formula is C31H36N2O5S. The number of hydrogen-bond donors (Lipinski definition) is 2. The smallest absolute Gasteiger partial charge is 0.310 e. The van der Waals surface area contributed by atoms with Gasteiger partial charge < -0.3 is 24.2 Å². The van der Waals surface area contributed by atoms with E-state index in [1.54, 1.807) is 6.92 Å². The number of fused-ring (bicyclic) bond motifs is 1. The fourth-order valence-corrected chi connectivity index (χ4v) is 4.90. The second kappa shape index (κ2) is 12.7. The Morgan fingerprint density at radius 3 is 2.59 bits per heavy atom. The first-order valence-electron chi connectivity index (χ1n) is 13.0. The van der Waals surface area contributed by atoms with Crippen molar-refractivity contribution >= 4 is 28.3 Å². The molecule has 7 nitrogen and oxygen atoms in total. The van der Waals surface area contributed by atoms with Crippen molar-refractivity contribution in [2.75, 3.05) is 6.61 Å². The summed E-state index contributed by atoms with van der Waals surface area (Å²) in [5.74, 6) is 1.04. The molecule has 0 aliphatic rings. The van der Waals surface area contributed by atoms with Crippen LogP contribution < -0.4 is 15.2 Å². The Morgan fingerprint density at radius 2 is 1.85 bits per heavy atom. The summed E-state index contributed by atoms with van der Waals surface area (Å²) in [5, 5.41) is 0.919. The molecule has 0 bridgehead atoms. The number of hydrogen-bond acceptors (Lipinski definition) is 7. The van der Waals surface area contributed by atoms with Crippen molar-refractivity contribution in [1.82, 2.24) is 4.72 Å². The molecule has 0 spiro atoms. The quantitative estimate of drug-likeness (QED) is 0.180. The maximum absolute atomic E-state index is 12.5. The normalized spacial score (nSPS) is 12.5. The van der Waals surface area contributed by atoms with Crippen LogP contribution in [0.5, 0.6) is 5.75 Å². The minimum atomic E-state index is -1.22. The molecule has 3 N–H and O–H groups in total. The van der Waals surface area contributed by atoms with Gasteiger partial charge in [-0.05, 0) is 74.7 Å². The summed E-state index contributed by atoms with van der Waals surface area (Å²) in [5.41, 5.74) is 11.3. The van der Waals surface area contributed by atoms with E-state index in [0.717, 1.165) is 38.8 Å². The van der Waals surface area contributed by atoms with Crippen LogP contribution in [0.4, 0.5) is 0 Å². The number of nitrogens with two attached hydrogens (primary N) is 1. The minimum absolute atomic E-state index is 0.147. The lowest BCUT2D eigenvalue weighted by Crippen LogP contribution is -2.38. The standard InChI is InChI=1S/C31H36N2O5S/c1-5-36-29(34)17-24-10-6-7-12-28(24)37-20-22-14-25-16-26(19-33-39(35)31(2,3)4)38-30(25)27(15-22)23-11-8-9-21(13-23)18-32/h6-16,33H,5,17-20,32H2,1-4H3. The molecule has 0 radical (unpaired) electrons. The van der Waals surface area contributed by atoms with Gasteiger partial charge in [-0.25, -0.2) is 0 Å². The molecule has 1 atom stereocenters. The van der Waals surface area contributed by atoms with Crippen LogP contribution in [0.2, 0.25) is 0 Å². The van der Waals surface area contributed by atoms with E-state index in [1.807, 2.05) is 75.4 Å². The van der Waals surface area contributed by atoms with Crippen LogP contribution in [-0.2, 0) is 47.0 Å². The molecule has 4 aromatic rings. The topological polar surface area (TPSA) is 110 Å². The van der Waals surface area contributed by atoms with Gasteiger partial charge in [0.05, 0.1) is 19.6 Å². The second-order valence-electron chi connectivity index (χ2n) is 10.3. The van der Waals surface area contributed by atoms with Crippen LogP contribution >= 0.6 is 0 Å². The Labute approximate surface area is 233 Å². The Balaban J connectivity index is 1.65. The predicted molar refractivity (Wildman–Crippen MR) is 155 cm³/mol. The van der Waals surface area contributed by atoms with Crippen LogP contribution in [0.1, 0.15) is 50.1 Å². The van der Waals surface area contributed by atoms with Crippen molar-refractivity contribution in [3.63, 3.8) is 0 Å². The third-order valence-corrected chi connectivity index (χ3v) is 7.66. The van der Waals surface area contributed by atoms with Gasteiger partial charge in [-0.3, -0.25) is 4.79 Å². The van der Waals surface area contributed by atoms with E-state index in [2.05, 4.69) is 16.9 Å². The summed E-state index contributed by atoms with van der Waals surface area (Å²) in [6.45, 7) is 8.98. The van der Waals surface area contributed by atoms with Crippen LogP contribution in [-0.4, -0.2) is 21.9 Å². The van der Waals surface area contributed by atoms with Crippen LogP contribution in [0.15, 0.2) is 71.1 Å². The lowest BCUT2D eigenvalue weighted by atomic mass is 9.99. The van der Waals surface area contributed by atoms with Crippen LogP contribution in [0.3, 0.4) is 0 Å². The van der Waals surface area contributed by atoms with Gasteiger partial charge >= 0.3 is 5.97 Å². The van der Waals surface area contributed by atoms with E-state index >= 15 is 0 Å². The SMILES string of the molecule is CCOC(=O)Cc1ccccc1OCc1cc(-c2cccc(CN)c2)c2oc(CN[S+]([O-])C(C)(C)C)cc2c1. The van der Waals surface area contributed by atoms with E-state index in [4.69, 9.17) is 19.6 Å². The van der Waals surface area contributed by atoms with Crippen molar-refractivity contribution in [2.45, 2.75) is 58.6 Å². The van der Waals surface area contributed by atoms with Gasteiger partial charge in [-0.15, -0.1) is 4.72 Å². The van der Waals surface area contributed by atoms with Gasteiger partial charge in [-0.2, -0.15) is 0 Å². The van der Waals surface area contributed by atoms with E-state index in [1.165, 1.54) is 0 Å². The molecule has 1 aromatic heterocycles. The molecule has 0 amide bonds. The summed E-state index contributed by atoms with van der Waals surface area (Å²) in [4.78, 5) is 12.1. The van der Waals surface area contributed by atoms with E-state index < -0.39 is 11.4 Å². The highest BCUT2D eigenvalue weighted by Gasteiger charge is 2.26. The van der Waals surface area contributed by atoms with E-state index in [9.17, 15) is 9.35 Å². The van der Waals surface area contributed by atoms with E-state index in [0.29, 0.717) is 37.8 Å². The lowest BCUT2D eigenvalue weighted by Gasteiger charge is -2.23. The van der Waals surface area contributed by atoms with Gasteiger partial charge in [0.25, 0.3) is 0 Å². The Bertz CT molecular complexity index is 1430. The molecule has 4 rings (SSSR count). The average molecular weight is 549 g/mol. The van der Waals surface area contributed by atoms with Crippen molar-refractivity contribution in [3.8, 4) is 16.9 Å². The molecular weight excluding hydrogens is 512 g/mol. The number of para-hydroxylation sites is 1. The number of nitrogens with one attached hydrogen (secondary N) is 1. The zero-order valence-corrected chi connectivity index (χ0v) is 23.7. The van der Waals surface area contributed by atoms with Gasteiger partial charge in [-0.1, -0.05) is 36.4 Å². The molecule has 0 aliphatic heterocycles. The van der Waals surface area contributed by atoms with Crippen molar-refractivity contribution < 1.29 is 23.2 Å². The summed E-state index contributed by atoms with van der Waals surface area (Å²) in [7, 11) is 0. The molecule has 0 aliphatic carbocycles. The van der Waals surface area contributed by atoms with Gasteiger partial charge in [0.1, 0.15) is 28.4 Å². The Morgan fingerprint density at radius 1 is 1.05 bits per heavy atom. The molecule has 8 heteroatoms. The Hall–Kier alpha value is -3.30. The molecule has 0 fully saturated rings. The maximum Gasteiger partial charge on any atom is 0.310 e. The highest BCUT2D eigenvalue weighted by Crippen LogP contribution is 2.34. The predicted octanol–water partition coefficient (Wildman–Crippen LogP) is 5.79. The first-order chi connectivity index (χ1) is 18.7. The number of benzene rings is 3. The fourth-order valence-electron chi connectivity index (χ4n) is 4.19. The van der Waals surface area contributed by atoms with Gasteiger partial charge in [0.15, 0.2) is 0 Å². The van der Waals surface area contributed by atoms with Crippen LogP contribution in [0, 0.1) is 0 Å². The number of esters is 1. The molecule has 206 valence electrons. The molecule has 1 unspecified atom stereocenters. The summed E-state index contributed by atoms with van der Waals surface area (Å²) < 4.78 is 32.8. The highest BCUT2D eigenvalue weighted by molar-refractivity contribution is 7.90. The highest BCUT2D eigenvalue weighted by atomic mass is 32.2. The Kier molecular flexibility index (Phi) is 9.35. The minimum Gasteiger partial charge on any atom is -0.598 e. The second-order valence-corrected chi connectivity index (χ2v) is 12.3. The summed E-state index contributed by atoms with van der Waals surface area (Å²) in [6, 6.07) is 21.6. The summed E-state index contributed by atoms with van der Waals surface area (Å²) >= 11 is -1.22. The first-order valence-corrected chi connectivity index (χ1v) is 14.2. The maximum atomic E-state index is 12.5. The van der Waals surface area contributed by atoms with Crippen molar-refractivity contribution in [2.24, 2.45) is 5.73 Å². The van der Waals surface area contributed by atoms with Crippen LogP contribution in [0.25, 0.3) is 22.1 Å². The number of carbonyl (C=O) groups excluding carboxylic acids is 1. The monoisotopic (exact) mass is 548 g/mol. The molecule has 3 aromatic carbocycles. The molecule has 1 heterocycles. The number of rotatable bonds is 11. The first kappa shape index (κ1) is 28.7. The third-order valence-electron chi connectivity index (χ3n) is 6.14. The zero-order chi connectivity index (χ0) is 28.0. The van der Waals surface area contributed by atoms with Crippen molar-refractivity contribution in [1.29, 1.82) is 0 Å². The molecule has 39 heavy (non-hydrogen) atoms. The van der Waals surface area contributed by atoms with E-state index in [-0.39, 0.29) is 17.1 Å². The number of ether oxygens (including phenoxy) is 2.